The lowest BCUT2D eigenvalue weighted by Crippen LogP contribution is -2.50. The first-order valence-corrected chi connectivity index (χ1v) is 12.0. The molecule has 0 unspecified atom stereocenters. The van der Waals surface area contributed by atoms with Crippen LogP contribution in [-0.4, -0.2) is 52.7 Å². The number of benzene rings is 1. The van der Waals surface area contributed by atoms with E-state index in [9.17, 15) is 19.5 Å². The Bertz CT molecular complexity index is 892. The minimum absolute atomic E-state index is 0.197. The van der Waals surface area contributed by atoms with Gasteiger partial charge in [-0.25, -0.2) is 4.79 Å². The lowest BCUT2D eigenvalue weighted by atomic mass is 9.80. The summed E-state index contributed by atoms with van der Waals surface area (Å²) in [5.41, 5.74) is 0.540. The number of rotatable bonds is 7. The van der Waals surface area contributed by atoms with Gasteiger partial charge in [0.2, 0.25) is 11.8 Å². The molecule has 3 N–H and O–H groups in total. The van der Waals surface area contributed by atoms with Crippen LogP contribution in [0.1, 0.15) is 65.5 Å². The van der Waals surface area contributed by atoms with Gasteiger partial charge in [-0.1, -0.05) is 38.4 Å². The molecule has 0 saturated carbocycles. The SMILES string of the molecule is CC(C)(C)OC(=O)NCc1ccc(Cl)cc1CNC(=O)[C@@H]1CCCN1C(=O)[C@H](CO)C(C)(C)C. The standard InChI is InChI=1S/C25H38ClN3O5/c1-24(2,3)19(15-30)22(32)29-11-7-8-20(29)21(31)27-14-17-12-18(26)10-9-16(17)13-28-23(33)34-25(4,5)6/h9-10,12,19-20,30H,7-8,11,13-15H2,1-6H3,(H,27,31)(H,28,33)/t19-,20-/m0/s1. The van der Waals surface area contributed by atoms with E-state index in [0.29, 0.717) is 18.0 Å². The Morgan fingerprint density at radius 2 is 1.76 bits per heavy atom. The summed E-state index contributed by atoms with van der Waals surface area (Å²) in [5, 5.41) is 15.9. The van der Waals surface area contributed by atoms with Gasteiger partial charge in [0.1, 0.15) is 11.6 Å². The van der Waals surface area contributed by atoms with Gasteiger partial charge in [-0.05, 0) is 62.3 Å². The van der Waals surface area contributed by atoms with Crippen molar-refractivity contribution >= 4 is 29.5 Å². The fraction of sp³-hybridized carbons (Fsp3) is 0.640. The molecular formula is C25H38ClN3O5. The minimum Gasteiger partial charge on any atom is -0.444 e. The Labute approximate surface area is 207 Å². The number of halogens is 1. The quantitative estimate of drug-likeness (QED) is 0.535. The van der Waals surface area contributed by atoms with Crippen molar-refractivity contribution in [3.05, 3.63) is 34.3 Å². The molecule has 0 radical (unpaired) electrons. The number of ether oxygens (including phenoxy) is 1. The number of alkyl carbamates (subject to hydrolysis) is 1. The number of carbonyl (C=O) groups is 3. The number of nitrogens with zero attached hydrogens (tertiary/aromatic N) is 1. The maximum atomic E-state index is 13.1. The topological polar surface area (TPSA) is 108 Å². The predicted molar refractivity (Wildman–Crippen MR) is 131 cm³/mol. The lowest BCUT2D eigenvalue weighted by Gasteiger charge is -2.34. The van der Waals surface area contributed by atoms with Gasteiger partial charge in [-0.3, -0.25) is 9.59 Å². The van der Waals surface area contributed by atoms with Crippen molar-refractivity contribution in [2.24, 2.45) is 11.3 Å². The zero-order valence-corrected chi connectivity index (χ0v) is 21.8. The Kier molecular flexibility index (Phi) is 9.37. The highest BCUT2D eigenvalue weighted by Crippen LogP contribution is 2.30. The molecule has 0 aromatic heterocycles. The van der Waals surface area contributed by atoms with Crippen LogP contribution in [0.25, 0.3) is 0 Å². The molecule has 1 saturated heterocycles. The van der Waals surface area contributed by atoms with E-state index >= 15 is 0 Å². The third kappa shape index (κ3) is 7.87. The lowest BCUT2D eigenvalue weighted by molar-refractivity contribution is -0.146. The van der Waals surface area contributed by atoms with E-state index in [2.05, 4.69) is 10.6 Å². The maximum absolute atomic E-state index is 13.1. The van der Waals surface area contributed by atoms with Crippen LogP contribution in [-0.2, 0) is 27.4 Å². The molecule has 9 heteroatoms. The molecule has 1 fully saturated rings. The number of aliphatic hydroxyl groups is 1. The summed E-state index contributed by atoms with van der Waals surface area (Å²) in [4.78, 5) is 39.7. The van der Waals surface area contributed by atoms with Crippen molar-refractivity contribution in [2.75, 3.05) is 13.2 Å². The first-order chi connectivity index (χ1) is 15.7. The summed E-state index contributed by atoms with van der Waals surface area (Å²) in [6.07, 6.45) is 0.770. The molecular weight excluding hydrogens is 458 g/mol. The van der Waals surface area contributed by atoms with E-state index in [1.165, 1.54) is 0 Å². The van der Waals surface area contributed by atoms with Gasteiger partial charge < -0.3 is 25.4 Å². The van der Waals surface area contributed by atoms with Gasteiger partial charge >= 0.3 is 6.09 Å². The zero-order chi connectivity index (χ0) is 25.7. The molecule has 2 rings (SSSR count). The molecule has 0 spiro atoms. The summed E-state index contributed by atoms with van der Waals surface area (Å²) in [5.74, 6) is -1.01. The van der Waals surface area contributed by atoms with Crippen LogP contribution in [0, 0.1) is 11.3 Å². The first-order valence-electron chi connectivity index (χ1n) is 11.7. The Morgan fingerprint density at radius 1 is 1.12 bits per heavy atom. The largest absolute Gasteiger partial charge is 0.444 e. The van der Waals surface area contributed by atoms with E-state index in [1.54, 1.807) is 43.9 Å². The third-order valence-corrected chi connectivity index (χ3v) is 6.04. The van der Waals surface area contributed by atoms with Crippen molar-refractivity contribution in [3.63, 3.8) is 0 Å². The predicted octanol–water partition coefficient (Wildman–Crippen LogP) is 3.63. The molecule has 1 aliphatic heterocycles. The van der Waals surface area contributed by atoms with E-state index in [1.807, 2.05) is 20.8 Å². The summed E-state index contributed by atoms with van der Waals surface area (Å²) < 4.78 is 5.27. The molecule has 1 aromatic carbocycles. The van der Waals surface area contributed by atoms with Crippen molar-refractivity contribution in [2.45, 2.75) is 79.1 Å². The van der Waals surface area contributed by atoms with Gasteiger partial charge in [0, 0.05) is 24.7 Å². The Morgan fingerprint density at radius 3 is 2.35 bits per heavy atom. The monoisotopic (exact) mass is 495 g/mol. The van der Waals surface area contributed by atoms with E-state index < -0.39 is 29.1 Å². The highest BCUT2D eigenvalue weighted by Gasteiger charge is 2.40. The minimum atomic E-state index is -0.604. The fourth-order valence-electron chi connectivity index (χ4n) is 3.94. The molecule has 1 aliphatic rings. The van der Waals surface area contributed by atoms with E-state index in [-0.39, 0.29) is 31.5 Å². The van der Waals surface area contributed by atoms with Crippen LogP contribution >= 0.6 is 11.6 Å². The molecule has 3 amide bonds. The summed E-state index contributed by atoms with van der Waals surface area (Å²) >= 11 is 6.17. The number of hydrogen-bond donors (Lipinski definition) is 3. The average Bonchev–Trinajstić information content (AvgIpc) is 3.19. The molecule has 34 heavy (non-hydrogen) atoms. The van der Waals surface area contributed by atoms with Gasteiger partial charge in [0.15, 0.2) is 0 Å². The van der Waals surface area contributed by atoms with Crippen molar-refractivity contribution in [1.29, 1.82) is 0 Å². The Hall–Kier alpha value is -2.32. The Balaban J connectivity index is 2.05. The van der Waals surface area contributed by atoms with Crippen LogP contribution < -0.4 is 10.6 Å². The van der Waals surface area contributed by atoms with E-state index in [4.69, 9.17) is 16.3 Å². The van der Waals surface area contributed by atoms with Crippen molar-refractivity contribution < 1.29 is 24.2 Å². The molecule has 1 aromatic rings. The second-order valence-corrected chi connectivity index (χ2v) is 11.2. The fourth-order valence-corrected chi connectivity index (χ4v) is 4.13. The number of hydrogen-bond acceptors (Lipinski definition) is 5. The normalized spacial score (nSPS) is 17.3. The maximum Gasteiger partial charge on any atom is 0.407 e. The number of aliphatic hydroxyl groups excluding tert-OH is 1. The van der Waals surface area contributed by atoms with Crippen LogP contribution in [0.2, 0.25) is 5.02 Å². The first kappa shape index (κ1) is 27.9. The van der Waals surface area contributed by atoms with Crippen molar-refractivity contribution in [1.82, 2.24) is 15.5 Å². The average molecular weight is 496 g/mol. The molecule has 0 aliphatic carbocycles. The number of amides is 3. The number of carbonyl (C=O) groups excluding carboxylic acids is 3. The van der Waals surface area contributed by atoms with Gasteiger partial charge in [0.25, 0.3) is 0 Å². The van der Waals surface area contributed by atoms with Gasteiger partial charge in [-0.15, -0.1) is 0 Å². The summed E-state index contributed by atoms with van der Waals surface area (Å²) in [7, 11) is 0. The van der Waals surface area contributed by atoms with Crippen LogP contribution in [0.5, 0.6) is 0 Å². The molecule has 1 heterocycles. The molecule has 190 valence electrons. The van der Waals surface area contributed by atoms with Gasteiger partial charge in [0.05, 0.1) is 12.5 Å². The van der Waals surface area contributed by atoms with Crippen LogP contribution in [0.4, 0.5) is 4.79 Å². The van der Waals surface area contributed by atoms with Gasteiger partial charge in [-0.2, -0.15) is 0 Å². The highest BCUT2D eigenvalue weighted by molar-refractivity contribution is 6.30. The smallest absolute Gasteiger partial charge is 0.407 e. The highest BCUT2D eigenvalue weighted by atomic mass is 35.5. The zero-order valence-electron chi connectivity index (χ0n) is 21.0. The van der Waals surface area contributed by atoms with E-state index in [0.717, 1.165) is 17.5 Å². The number of likely N-dealkylation sites (tertiary alicyclic amines) is 1. The second-order valence-electron chi connectivity index (χ2n) is 10.8. The number of nitrogens with one attached hydrogen (secondary N) is 2. The molecule has 8 nitrogen and oxygen atoms in total. The second kappa shape index (κ2) is 11.4. The summed E-state index contributed by atoms with van der Waals surface area (Å²) in [6.45, 7) is 11.7. The summed E-state index contributed by atoms with van der Waals surface area (Å²) in [6, 6.07) is 4.68. The molecule has 0 bridgehead atoms. The van der Waals surface area contributed by atoms with Crippen LogP contribution in [0.3, 0.4) is 0 Å². The van der Waals surface area contributed by atoms with Crippen LogP contribution in [0.15, 0.2) is 18.2 Å². The molecule has 2 atom stereocenters. The third-order valence-electron chi connectivity index (χ3n) is 5.81. The van der Waals surface area contributed by atoms with Crippen molar-refractivity contribution in [3.8, 4) is 0 Å².